The first-order chi connectivity index (χ1) is 16.9. The lowest BCUT2D eigenvalue weighted by molar-refractivity contribution is -0.132. The van der Waals surface area contributed by atoms with Crippen molar-refractivity contribution in [2.24, 2.45) is 0 Å². The Bertz CT molecular complexity index is 1500. The molecule has 0 saturated carbocycles. The molecule has 1 amide bonds. The summed E-state index contributed by atoms with van der Waals surface area (Å²) in [6.07, 6.45) is 0. The number of rotatable bonds is 5. The Morgan fingerprint density at radius 2 is 1.69 bits per heavy atom. The smallest absolute Gasteiger partial charge is 0.301 e. The first-order valence-electron chi connectivity index (χ1n) is 10.9. The maximum absolute atomic E-state index is 13.3. The topological polar surface area (TPSA) is 102 Å². The van der Waals surface area contributed by atoms with Crippen molar-refractivity contribution in [3.8, 4) is 11.5 Å². The molecule has 1 aromatic heterocycles. The van der Waals surface area contributed by atoms with Crippen molar-refractivity contribution in [3.05, 3.63) is 89.2 Å². The van der Waals surface area contributed by atoms with Gasteiger partial charge < -0.3 is 19.1 Å². The number of aryl methyl sites for hydroxylation is 1. The van der Waals surface area contributed by atoms with Gasteiger partial charge in [0.2, 0.25) is 0 Å². The number of Topliss-reactive ketones (excluding diaryl/α,β-unsaturated/α-hetero) is 1. The molecule has 1 saturated heterocycles. The molecule has 1 fully saturated rings. The van der Waals surface area contributed by atoms with E-state index in [-0.39, 0.29) is 17.2 Å². The molecule has 5 rings (SSSR count). The summed E-state index contributed by atoms with van der Waals surface area (Å²) in [4.78, 5) is 27.8. The number of carbonyl (C=O) groups is 2. The second-order valence-corrected chi connectivity index (χ2v) is 8.14. The number of methoxy groups -OCH3 is 2. The highest BCUT2D eigenvalue weighted by Crippen LogP contribution is 2.44. The van der Waals surface area contributed by atoms with Gasteiger partial charge in [-0.1, -0.05) is 47.6 Å². The third-order valence-corrected chi connectivity index (χ3v) is 6.05. The molecule has 35 heavy (non-hydrogen) atoms. The molecule has 0 bridgehead atoms. The molecule has 1 N–H and O–H groups in total. The summed E-state index contributed by atoms with van der Waals surface area (Å²) in [6.45, 7) is 1.69. The molecule has 176 valence electrons. The number of hydrogen-bond acceptors (Lipinski definition) is 7. The van der Waals surface area contributed by atoms with Crippen LogP contribution < -0.4 is 14.4 Å². The molecule has 2 heterocycles. The number of carbonyl (C=O) groups excluding carboxylic acids is 2. The molecule has 0 radical (unpaired) electrons. The lowest BCUT2D eigenvalue weighted by Crippen LogP contribution is -2.29. The van der Waals surface area contributed by atoms with Gasteiger partial charge in [0, 0.05) is 11.6 Å². The first-order valence-corrected chi connectivity index (χ1v) is 10.9. The summed E-state index contributed by atoms with van der Waals surface area (Å²) in [6, 6.07) is 18.7. The zero-order chi connectivity index (χ0) is 24.7. The summed E-state index contributed by atoms with van der Waals surface area (Å²) in [5, 5.41) is 17.2. The van der Waals surface area contributed by atoms with Crippen molar-refractivity contribution in [1.29, 1.82) is 0 Å². The van der Waals surface area contributed by atoms with Crippen molar-refractivity contribution >= 4 is 34.0 Å². The lowest BCUT2D eigenvalue weighted by atomic mass is 9.94. The third kappa shape index (κ3) is 3.69. The molecule has 1 aliphatic rings. The van der Waals surface area contributed by atoms with E-state index in [1.54, 1.807) is 43.3 Å². The molecule has 8 nitrogen and oxygen atoms in total. The molecule has 8 heteroatoms. The fraction of sp³-hybridized carbons (Fsp3) is 0.148. The number of anilines is 1. The van der Waals surface area contributed by atoms with Crippen LogP contribution in [0.2, 0.25) is 0 Å². The van der Waals surface area contributed by atoms with E-state index < -0.39 is 17.7 Å². The number of ether oxygens (including phenoxy) is 2. The highest BCUT2D eigenvalue weighted by Gasteiger charge is 2.48. The number of fused-ring (bicyclic) bond motifs is 1. The van der Waals surface area contributed by atoms with Crippen LogP contribution in [0.1, 0.15) is 22.9 Å². The van der Waals surface area contributed by atoms with Crippen LogP contribution in [0.25, 0.3) is 16.5 Å². The minimum Gasteiger partial charge on any atom is -0.507 e. The van der Waals surface area contributed by atoms with Crippen molar-refractivity contribution in [1.82, 2.24) is 5.16 Å². The zero-order valence-corrected chi connectivity index (χ0v) is 19.3. The van der Waals surface area contributed by atoms with Crippen molar-refractivity contribution in [2.45, 2.75) is 13.0 Å². The number of amides is 1. The van der Waals surface area contributed by atoms with Crippen LogP contribution in [0, 0.1) is 6.92 Å². The van der Waals surface area contributed by atoms with Crippen LogP contribution in [0.3, 0.4) is 0 Å². The van der Waals surface area contributed by atoms with Gasteiger partial charge in [-0.3, -0.25) is 14.5 Å². The van der Waals surface area contributed by atoms with E-state index in [9.17, 15) is 14.7 Å². The van der Waals surface area contributed by atoms with Gasteiger partial charge in [-0.25, -0.2) is 0 Å². The Hall–Kier alpha value is -4.59. The van der Waals surface area contributed by atoms with Crippen LogP contribution in [0.5, 0.6) is 11.5 Å². The molecule has 1 aliphatic heterocycles. The van der Waals surface area contributed by atoms with E-state index in [1.807, 2.05) is 30.3 Å². The number of benzene rings is 3. The van der Waals surface area contributed by atoms with Gasteiger partial charge in [0.05, 0.1) is 25.8 Å². The summed E-state index contributed by atoms with van der Waals surface area (Å²) < 4.78 is 15.9. The van der Waals surface area contributed by atoms with Gasteiger partial charge in [-0.15, -0.1) is 0 Å². The minimum atomic E-state index is -0.967. The predicted octanol–water partition coefficient (Wildman–Crippen LogP) is 4.78. The second-order valence-electron chi connectivity index (χ2n) is 8.14. The van der Waals surface area contributed by atoms with E-state index in [0.717, 1.165) is 10.8 Å². The number of hydrogen-bond donors (Lipinski definition) is 1. The normalized spacial score (nSPS) is 17.2. The zero-order valence-electron chi connectivity index (χ0n) is 19.3. The first kappa shape index (κ1) is 22.2. The number of aliphatic hydroxyl groups excluding tert-OH is 1. The average Bonchev–Trinajstić information content (AvgIpc) is 3.42. The summed E-state index contributed by atoms with van der Waals surface area (Å²) in [7, 11) is 3.01. The molecule has 0 spiro atoms. The summed E-state index contributed by atoms with van der Waals surface area (Å²) in [5.74, 6) is -0.379. The second kappa shape index (κ2) is 8.64. The van der Waals surface area contributed by atoms with E-state index in [2.05, 4.69) is 5.16 Å². The molecular weight excluding hydrogens is 448 g/mol. The minimum absolute atomic E-state index is 0.0573. The SMILES string of the molecule is COc1ccc([C@H]2C(=C(O)c3ccc4ccccc4c3)C(=O)C(=O)N2c2cc(C)on2)cc1OC. The number of aromatic nitrogens is 1. The fourth-order valence-corrected chi connectivity index (χ4v) is 4.37. The number of aliphatic hydroxyl groups is 1. The number of nitrogens with zero attached hydrogens (tertiary/aromatic N) is 2. The van der Waals surface area contributed by atoms with E-state index in [1.165, 1.54) is 19.1 Å². The number of ketones is 1. The van der Waals surface area contributed by atoms with E-state index in [0.29, 0.717) is 28.4 Å². The van der Waals surface area contributed by atoms with Crippen LogP contribution in [0.4, 0.5) is 5.82 Å². The van der Waals surface area contributed by atoms with E-state index >= 15 is 0 Å². The molecular formula is C27H22N2O6. The average molecular weight is 470 g/mol. The highest BCUT2D eigenvalue weighted by atomic mass is 16.5. The molecule has 0 unspecified atom stereocenters. The predicted molar refractivity (Wildman–Crippen MR) is 130 cm³/mol. The van der Waals surface area contributed by atoms with Crippen molar-refractivity contribution < 1.29 is 28.7 Å². The Morgan fingerprint density at radius 3 is 2.37 bits per heavy atom. The van der Waals surface area contributed by atoms with Crippen LogP contribution in [0.15, 0.2) is 76.8 Å². The van der Waals surface area contributed by atoms with Crippen LogP contribution in [-0.4, -0.2) is 36.2 Å². The third-order valence-electron chi connectivity index (χ3n) is 6.05. The standard InChI is InChI=1S/C27H22N2O6/c1-15-12-22(28-35-15)29-24(18-10-11-20(33-2)21(14-18)34-3)23(26(31)27(29)32)25(30)19-9-8-16-6-4-5-7-17(16)13-19/h4-14,24,30H,1-3H3/t24-/m0/s1. The molecule has 1 atom stereocenters. The quantitative estimate of drug-likeness (QED) is 0.254. The maximum atomic E-state index is 13.3. The van der Waals surface area contributed by atoms with Gasteiger partial charge in [-0.05, 0) is 41.5 Å². The highest BCUT2D eigenvalue weighted by molar-refractivity contribution is 6.51. The van der Waals surface area contributed by atoms with Crippen LogP contribution >= 0.6 is 0 Å². The van der Waals surface area contributed by atoms with Crippen molar-refractivity contribution in [2.75, 3.05) is 19.1 Å². The van der Waals surface area contributed by atoms with Crippen molar-refractivity contribution in [3.63, 3.8) is 0 Å². The van der Waals surface area contributed by atoms with Gasteiger partial charge in [-0.2, -0.15) is 0 Å². The molecule has 3 aromatic carbocycles. The Labute approximate surface area is 201 Å². The van der Waals surface area contributed by atoms with Crippen LogP contribution in [-0.2, 0) is 9.59 Å². The summed E-state index contributed by atoms with van der Waals surface area (Å²) >= 11 is 0. The van der Waals surface area contributed by atoms with Gasteiger partial charge in [0.15, 0.2) is 17.3 Å². The van der Waals surface area contributed by atoms with E-state index in [4.69, 9.17) is 14.0 Å². The largest absolute Gasteiger partial charge is 0.507 e. The molecule has 4 aromatic rings. The Balaban J connectivity index is 1.74. The van der Waals surface area contributed by atoms with Gasteiger partial charge in [0.1, 0.15) is 11.5 Å². The van der Waals surface area contributed by atoms with Gasteiger partial charge in [0.25, 0.3) is 5.78 Å². The summed E-state index contributed by atoms with van der Waals surface area (Å²) in [5.41, 5.74) is 0.895. The molecule has 0 aliphatic carbocycles. The Kier molecular flexibility index (Phi) is 5.49. The fourth-order valence-electron chi connectivity index (χ4n) is 4.37. The Morgan fingerprint density at radius 1 is 0.943 bits per heavy atom. The van der Waals surface area contributed by atoms with Gasteiger partial charge >= 0.3 is 5.91 Å². The monoisotopic (exact) mass is 470 g/mol. The maximum Gasteiger partial charge on any atom is 0.301 e. The lowest BCUT2D eigenvalue weighted by Gasteiger charge is -2.23.